The molecule has 0 atom stereocenters. The smallest absolute Gasteiger partial charge is 0.287 e. The molecule has 0 unspecified atom stereocenters. The standard InChI is InChI=1S/C10H3N3O3/c14-6-3-5-4(1-2-11-5)7-8(6)13-10(16)9(15)12-7/h1-3H. The van der Waals surface area contributed by atoms with Crippen LogP contribution in [0.25, 0.3) is 22.6 Å². The van der Waals surface area contributed by atoms with Crippen LogP contribution in [0.3, 0.4) is 0 Å². The maximum atomic E-state index is 11.6. The second-order valence-corrected chi connectivity index (χ2v) is 3.28. The number of aromatic nitrogens is 3. The summed E-state index contributed by atoms with van der Waals surface area (Å²) >= 11 is 0. The van der Waals surface area contributed by atoms with E-state index in [0.29, 0.717) is 11.3 Å². The van der Waals surface area contributed by atoms with Crippen molar-refractivity contribution in [2.24, 2.45) is 0 Å². The molecule has 0 saturated heterocycles. The Balaban J connectivity index is 2.64. The lowest BCUT2D eigenvalue weighted by molar-refractivity contribution is 1.07. The number of benzene rings is 1. The van der Waals surface area contributed by atoms with Gasteiger partial charge in [-0.1, -0.05) is 0 Å². The molecule has 3 rings (SSSR count). The normalized spacial score (nSPS) is 11.2. The van der Waals surface area contributed by atoms with Crippen LogP contribution in [-0.4, -0.2) is 15.0 Å². The maximum Gasteiger partial charge on any atom is 0.338 e. The fourth-order valence-electron chi connectivity index (χ4n) is 1.62. The van der Waals surface area contributed by atoms with E-state index in [4.69, 9.17) is 0 Å². The summed E-state index contributed by atoms with van der Waals surface area (Å²) in [6.07, 6.45) is 1.50. The van der Waals surface area contributed by atoms with E-state index in [1.165, 1.54) is 12.3 Å². The van der Waals surface area contributed by atoms with Gasteiger partial charge in [0.25, 0.3) is 0 Å². The predicted octanol–water partition coefficient (Wildman–Crippen LogP) is -0.963. The molecular weight excluding hydrogens is 210 g/mol. The SMILES string of the molecule is O=c1cc2nccc-2c2nc(=O)c(=O)nc1-2. The summed E-state index contributed by atoms with van der Waals surface area (Å²) in [5.41, 5.74) is -1.35. The summed E-state index contributed by atoms with van der Waals surface area (Å²) < 4.78 is 0. The topological polar surface area (TPSA) is 89.9 Å². The zero-order valence-electron chi connectivity index (χ0n) is 7.80. The first-order valence-corrected chi connectivity index (χ1v) is 4.44. The molecule has 0 fully saturated rings. The van der Waals surface area contributed by atoms with Gasteiger partial charge in [0, 0.05) is 17.8 Å². The maximum absolute atomic E-state index is 11.6. The van der Waals surface area contributed by atoms with Gasteiger partial charge in [-0.3, -0.25) is 19.4 Å². The molecule has 2 aliphatic heterocycles. The Morgan fingerprint density at radius 3 is 2.38 bits per heavy atom. The molecule has 6 nitrogen and oxygen atoms in total. The lowest BCUT2D eigenvalue weighted by Crippen LogP contribution is -2.33. The summed E-state index contributed by atoms with van der Waals surface area (Å²) in [5.74, 6) is 0. The molecular formula is C10H3N3O3. The largest absolute Gasteiger partial charge is 0.338 e. The Bertz CT molecular complexity index is 773. The van der Waals surface area contributed by atoms with Gasteiger partial charge in [-0.05, 0) is 6.07 Å². The van der Waals surface area contributed by atoms with Gasteiger partial charge < -0.3 is 0 Å². The van der Waals surface area contributed by atoms with Crippen molar-refractivity contribution in [2.45, 2.75) is 0 Å². The van der Waals surface area contributed by atoms with Gasteiger partial charge in [-0.15, -0.1) is 0 Å². The van der Waals surface area contributed by atoms with E-state index in [2.05, 4.69) is 15.0 Å². The highest BCUT2D eigenvalue weighted by Crippen LogP contribution is 2.27. The van der Waals surface area contributed by atoms with Crippen LogP contribution in [0.1, 0.15) is 0 Å². The lowest BCUT2D eigenvalue weighted by Gasteiger charge is -2.04. The Labute approximate surface area is 87.6 Å². The van der Waals surface area contributed by atoms with Gasteiger partial charge >= 0.3 is 11.1 Å². The zero-order valence-corrected chi connectivity index (χ0v) is 7.80. The van der Waals surface area contributed by atoms with Gasteiger partial charge in [-0.2, -0.15) is 4.98 Å². The van der Waals surface area contributed by atoms with E-state index in [-0.39, 0.29) is 11.4 Å². The number of rotatable bonds is 0. The second kappa shape index (κ2) is 2.75. The Kier molecular flexibility index (Phi) is 1.51. The van der Waals surface area contributed by atoms with Gasteiger partial charge in [0.2, 0.25) is 5.43 Å². The van der Waals surface area contributed by atoms with Crippen molar-refractivity contribution in [3.8, 4) is 22.6 Å². The highest BCUT2D eigenvalue weighted by Gasteiger charge is 2.21. The summed E-state index contributed by atoms with van der Waals surface area (Å²) in [6.45, 7) is 0. The van der Waals surface area contributed by atoms with Crippen LogP contribution in [0, 0.1) is 0 Å². The molecule has 76 valence electrons. The highest BCUT2D eigenvalue weighted by atomic mass is 16.2. The van der Waals surface area contributed by atoms with Crippen LogP contribution in [0.5, 0.6) is 0 Å². The molecule has 0 amide bonds. The predicted molar refractivity (Wildman–Crippen MR) is 54.3 cm³/mol. The van der Waals surface area contributed by atoms with Crippen LogP contribution < -0.4 is 16.5 Å². The van der Waals surface area contributed by atoms with E-state index in [1.807, 2.05) is 0 Å². The van der Waals surface area contributed by atoms with Crippen molar-refractivity contribution in [1.82, 2.24) is 15.0 Å². The van der Waals surface area contributed by atoms with E-state index < -0.39 is 16.5 Å². The molecule has 1 aliphatic carbocycles. The van der Waals surface area contributed by atoms with Gasteiger partial charge in [-0.25, -0.2) is 4.98 Å². The molecule has 0 saturated carbocycles. The minimum Gasteiger partial charge on any atom is -0.287 e. The number of fused-ring (bicyclic) bond motifs is 3. The molecule has 0 N–H and O–H groups in total. The fraction of sp³-hybridized carbons (Fsp3) is 0. The molecule has 2 heterocycles. The average Bonchev–Trinajstić information content (AvgIpc) is 2.69. The molecule has 0 bridgehead atoms. The monoisotopic (exact) mass is 213 g/mol. The molecule has 0 spiro atoms. The van der Waals surface area contributed by atoms with E-state index in [1.54, 1.807) is 6.07 Å². The van der Waals surface area contributed by atoms with E-state index >= 15 is 0 Å². The number of hydrogen-bond acceptors (Lipinski definition) is 6. The van der Waals surface area contributed by atoms with Gasteiger partial charge in [0.1, 0.15) is 11.4 Å². The van der Waals surface area contributed by atoms with Crippen molar-refractivity contribution in [1.29, 1.82) is 0 Å². The van der Waals surface area contributed by atoms with Crippen molar-refractivity contribution in [3.05, 3.63) is 49.3 Å². The minimum absolute atomic E-state index is 0.0786. The second-order valence-electron chi connectivity index (χ2n) is 3.28. The first kappa shape index (κ1) is 8.78. The van der Waals surface area contributed by atoms with Crippen molar-refractivity contribution >= 4 is 0 Å². The first-order valence-electron chi connectivity index (χ1n) is 4.44. The Morgan fingerprint density at radius 1 is 0.938 bits per heavy atom. The molecule has 3 aliphatic rings. The third-order valence-electron chi connectivity index (χ3n) is 2.32. The third kappa shape index (κ3) is 1.01. The highest BCUT2D eigenvalue weighted by molar-refractivity contribution is 5.80. The van der Waals surface area contributed by atoms with Crippen molar-refractivity contribution in [2.75, 3.05) is 0 Å². The summed E-state index contributed by atoms with van der Waals surface area (Å²) in [4.78, 5) is 44.6. The summed E-state index contributed by atoms with van der Waals surface area (Å²) in [6, 6.07) is 2.89. The molecule has 0 aromatic heterocycles. The van der Waals surface area contributed by atoms with E-state index in [0.717, 1.165) is 0 Å². The zero-order chi connectivity index (χ0) is 11.3. The van der Waals surface area contributed by atoms with Crippen molar-refractivity contribution < 1.29 is 0 Å². The molecule has 0 aromatic carbocycles. The van der Waals surface area contributed by atoms with Crippen LogP contribution in [0.15, 0.2) is 32.7 Å². The Morgan fingerprint density at radius 2 is 1.62 bits per heavy atom. The first-order chi connectivity index (χ1) is 7.66. The quantitative estimate of drug-likeness (QED) is 0.446. The average molecular weight is 213 g/mol. The number of hydrogen-bond donors (Lipinski definition) is 0. The summed E-state index contributed by atoms with van der Waals surface area (Å²) in [5, 5.41) is 0. The molecule has 6 heteroatoms. The Hall–Kier alpha value is -2.50. The van der Waals surface area contributed by atoms with E-state index in [9.17, 15) is 14.4 Å². The van der Waals surface area contributed by atoms with Gasteiger partial charge in [0.15, 0.2) is 0 Å². The summed E-state index contributed by atoms with van der Waals surface area (Å²) in [7, 11) is 0. The number of nitrogens with zero attached hydrogens (tertiary/aromatic N) is 3. The molecule has 0 aromatic rings. The fourth-order valence-corrected chi connectivity index (χ4v) is 1.62. The van der Waals surface area contributed by atoms with Crippen molar-refractivity contribution in [3.63, 3.8) is 0 Å². The third-order valence-corrected chi connectivity index (χ3v) is 2.32. The molecule has 0 radical (unpaired) electrons. The molecule has 16 heavy (non-hydrogen) atoms. The van der Waals surface area contributed by atoms with Crippen LogP contribution >= 0.6 is 0 Å². The van der Waals surface area contributed by atoms with Crippen LogP contribution in [-0.2, 0) is 0 Å². The van der Waals surface area contributed by atoms with Crippen LogP contribution in [0.4, 0.5) is 0 Å². The van der Waals surface area contributed by atoms with Crippen LogP contribution in [0.2, 0.25) is 0 Å². The minimum atomic E-state index is -1.01. The lowest BCUT2D eigenvalue weighted by atomic mass is 10.1. The van der Waals surface area contributed by atoms with Gasteiger partial charge in [0.05, 0.1) is 5.69 Å².